The number of halogens is 1. The molecule has 2 amide bonds. The highest BCUT2D eigenvalue weighted by Crippen LogP contribution is 2.21. The van der Waals surface area contributed by atoms with Gasteiger partial charge >= 0.3 is 0 Å². The fourth-order valence-corrected chi connectivity index (χ4v) is 3.88. The number of hydrogen-bond acceptors (Lipinski definition) is 5. The lowest BCUT2D eigenvalue weighted by molar-refractivity contribution is -0.118. The van der Waals surface area contributed by atoms with Crippen LogP contribution in [0.25, 0.3) is 0 Å². The first-order valence-corrected chi connectivity index (χ1v) is 11.1. The van der Waals surface area contributed by atoms with Gasteiger partial charge in [0.1, 0.15) is 11.6 Å². The van der Waals surface area contributed by atoms with Gasteiger partial charge in [-0.15, -0.1) is 0 Å². The molecular formula is C20H22FN3O5S. The van der Waals surface area contributed by atoms with Crippen molar-refractivity contribution >= 4 is 27.5 Å². The average Bonchev–Trinajstić information content (AvgIpc) is 2.73. The van der Waals surface area contributed by atoms with E-state index in [1.54, 1.807) is 35.2 Å². The van der Waals surface area contributed by atoms with Crippen molar-refractivity contribution in [2.75, 3.05) is 44.4 Å². The van der Waals surface area contributed by atoms with Crippen LogP contribution in [0.5, 0.6) is 5.75 Å². The van der Waals surface area contributed by atoms with Crippen LogP contribution in [0.3, 0.4) is 0 Å². The molecule has 1 heterocycles. The zero-order valence-electron chi connectivity index (χ0n) is 16.4. The van der Waals surface area contributed by atoms with E-state index in [0.717, 1.165) is 6.26 Å². The highest BCUT2D eigenvalue weighted by atomic mass is 32.2. The zero-order valence-corrected chi connectivity index (χ0v) is 17.2. The molecule has 0 spiro atoms. The van der Waals surface area contributed by atoms with Gasteiger partial charge in [0.15, 0.2) is 6.61 Å². The molecule has 0 bridgehead atoms. The minimum atomic E-state index is -3.30. The lowest BCUT2D eigenvalue weighted by Crippen LogP contribution is -2.50. The van der Waals surface area contributed by atoms with E-state index in [-0.39, 0.29) is 49.1 Å². The van der Waals surface area contributed by atoms with Crippen molar-refractivity contribution in [3.8, 4) is 5.75 Å². The molecule has 2 aromatic carbocycles. The van der Waals surface area contributed by atoms with Crippen molar-refractivity contribution in [1.29, 1.82) is 0 Å². The summed E-state index contributed by atoms with van der Waals surface area (Å²) in [6, 6.07) is 12.3. The van der Waals surface area contributed by atoms with Crippen molar-refractivity contribution in [2.24, 2.45) is 0 Å². The summed E-state index contributed by atoms with van der Waals surface area (Å²) >= 11 is 0. The molecule has 1 saturated heterocycles. The SMILES string of the molecule is CS(=O)(=O)N1CCN(C(=O)c2ccccc2OCC(=O)Nc2ccccc2F)CC1. The van der Waals surface area contributed by atoms with E-state index in [2.05, 4.69) is 5.32 Å². The Labute approximate surface area is 174 Å². The maximum Gasteiger partial charge on any atom is 0.262 e. The Bertz CT molecular complexity index is 1040. The van der Waals surface area contributed by atoms with Crippen LogP contribution in [0.4, 0.5) is 10.1 Å². The molecule has 0 radical (unpaired) electrons. The van der Waals surface area contributed by atoms with Crippen LogP contribution >= 0.6 is 0 Å². The molecule has 1 aliphatic heterocycles. The molecule has 0 aromatic heterocycles. The Hall–Kier alpha value is -2.98. The Balaban J connectivity index is 1.62. The fraction of sp³-hybridized carbons (Fsp3) is 0.300. The predicted molar refractivity (Wildman–Crippen MR) is 109 cm³/mol. The highest BCUT2D eigenvalue weighted by molar-refractivity contribution is 7.88. The number of para-hydroxylation sites is 2. The maximum absolute atomic E-state index is 13.6. The lowest BCUT2D eigenvalue weighted by Gasteiger charge is -2.33. The van der Waals surface area contributed by atoms with E-state index < -0.39 is 28.4 Å². The molecular weight excluding hydrogens is 413 g/mol. The van der Waals surface area contributed by atoms with Gasteiger partial charge in [0.05, 0.1) is 17.5 Å². The van der Waals surface area contributed by atoms with Crippen LogP contribution in [-0.4, -0.2) is 68.5 Å². The molecule has 0 unspecified atom stereocenters. The third kappa shape index (κ3) is 5.33. The van der Waals surface area contributed by atoms with Gasteiger partial charge in [0.2, 0.25) is 10.0 Å². The van der Waals surface area contributed by atoms with Gasteiger partial charge in [0, 0.05) is 26.2 Å². The second-order valence-corrected chi connectivity index (χ2v) is 8.75. The number of amides is 2. The van der Waals surface area contributed by atoms with E-state index >= 15 is 0 Å². The summed E-state index contributed by atoms with van der Waals surface area (Å²) < 4.78 is 43.7. The molecule has 30 heavy (non-hydrogen) atoms. The van der Waals surface area contributed by atoms with Gasteiger partial charge in [-0.1, -0.05) is 24.3 Å². The number of nitrogens with zero attached hydrogens (tertiary/aromatic N) is 2. The molecule has 0 atom stereocenters. The number of ether oxygens (including phenoxy) is 1. The Morgan fingerprint density at radius 3 is 2.33 bits per heavy atom. The summed E-state index contributed by atoms with van der Waals surface area (Å²) in [5.74, 6) is -1.22. The van der Waals surface area contributed by atoms with E-state index in [4.69, 9.17) is 4.74 Å². The van der Waals surface area contributed by atoms with E-state index in [0.29, 0.717) is 0 Å². The first-order valence-electron chi connectivity index (χ1n) is 9.26. The summed E-state index contributed by atoms with van der Waals surface area (Å²) in [6.45, 7) is 0.555. The Kier molecular flexibility index (Phi) is 6.68. The van der Waals surface area contributed by atoms with Crippen LogP contribution in [0.2, 0.25) is 0 Å². The van der Waals surface area contributed by atoms with Gasteiger partial charge in [-0.2, -0.15) is 4.31 Å². The van der Waals surface area contributed by atoms with Crippen LogP contribution in [0, 0.1) is 5.82 Å². The molecule has 8 nitrogen and oxygen atoms in total. The topological polar surface area (TPSA) is 96.0 Å². The third-order valence-electron chi connectivity index (χ3n) is 4.62. The Morgan fingerprint density at radius 2 is 1.67 bits per heavy atom. The van der Waals surface area contributed by atoms with Gasteiger partial charge in [-0.05, 0) is 24.3 Å². The number of benzene rings is 2. The number of nitrogens with one attached hydrogen (secondary N) is 1. The van der Waals surface area contributed by atoms with Crippen molar-refractivity contribution in [3.63, 3.8) is 0 Å². The lowest BCUT2D eigenvalue weighted by atomic mass is 10.1. The molecule has 1 fully saturated rings. The second kappa shape index (κ2) is 9.23. The van der Waals surface area contributed by atoms with Crippen LogP contribution < -0.4 is 10.1 Å². The molecule has 1 N–H and O–H groups in total. The first kappa shape index (κ1) is 21.7. The number of anilines is 1. The monoisotopic (exact) mass is 435 g/mol. The average molecular weight is 435 g/mol. The van der Waals surface area contributed by atoms with Crippen molar-refractivity contribution in [1.82, 2.24) is 9.21 Å². The minimum absolute atomic E-state index is 0.0409. The van der Waals surface area contributed by atoms with E-state index in [1.807, 2.05) is 0 Å². The molecule has 2 aromatic rings. The summed E-state index contributed by atoms with van der Waals surface area (Å²) in [5, 5.41) is 2.41. The zero-order chi connectivity index (χ0) is 21.7. The summed E-state index contributed by atoms with van der Waals surface area (Å²) in [7, 11) is -3.30. The molecule has 160 valence electrons. The van der Waals surface area contributed by atoms with Gasteiger partial charge in [0.25, 0.3) is 11.8 Å². The van der Waals surface area contributed by atoms with Gasteiger partial charge in [-0.25, -0.2) is 12.8 Å². The number of sulfonamides is 1. The molecule has 1 aliphatic rings. The van der Waals surface area contributed by atoms with Gasteiger partial charge < -0.3 is 15.0 Å². The number of hydrogen-bond donors (Lipinski definition) is 1. The highest BCUT2D eigenvalue weighted by Gasteiger charge is 2.28. The smallest absolute Gasteiger partial charge is 0.262 e. The van der Waals surface area contributed by atoms with Crippen LogP contribution in [0.1, 0.15) is 10.4 Å². The molecule has 0 saturated carbocycles. The first-order chi connectivity index (χ1) is 14.3. The molecule has 10 heteroatoms. The summed E-state index contributed by atoms with van der Waals surface area (Å²) in [4.78, 5) is 26.5. The summed E-state index contributed by atoms with van der Waals surface area (Å²) in [6.07, 6.45) is 1.14. The van der Waals surface area contributed by atoms with Crippen LogP contribution in [-0.2, 0) is 14.8 Å². The predicted octanol–water partition coefficient (Wildman–Crippen LogP) is 1.56. The Morgan fingerprint density at radius 1 is 1.03 bits per heavy atom. The maximum atomic E-state index is 13.6. The van der Waals surface area contributed by atoms with Crippen molar-refractivity contribution in [3.05, 3.63) is 59.9 Å². The number of piperazine rings is 1. The van der Waals surface area contributed by atoms with Crippen LogP contribution in [0.15, 0.2) is 48.5 Å². The number of rotatable bonds is 6. The number of carbonyl (C=O) groups excluding carboxylic acids is 2. The standard InChI is InChI=1S/C20H22FN3O5S/c1-30(27,28)24-12-10-23(11-13-24)20(26)15-6-2-5-9-18(15)29-14-19(25)22-17-8-4-3-7-16(17)21/h2-9H,10-14H2,1H3,(H,22,25). The fourth-order valence-electron chi connectivity index (χ4n) is 3.05. The quantitative estimate of drug-likeness (QED) is 0.743. The second-order valence-electron chi connectivity index (χ2n) is 6.77. The normalized spacial score (nSPS) is 14.9. The molecule has 3 rings (SSSR count). The summed E-state index contributed by atoms with van der Waals surface area (Å²) in [5.41, 5.74) is 0.309. The van der Waals surface area contributed by atoms with Gasteiger partial charge in [-0.3, -0.25) is 9.59 Å². The van der Waals surface area contributed by atoms with Crippen molar-refractivity contribution in [2.45, 2.75) is 0 Å². The van der Waals surface area contributed by atoms with Crippen molar-refractivity contribution < 1.29 is 27.1 Å². The number of carbonyl (C=O) groups is 2. The van der Waals surface area contributed by atoms with E-state index in [1.165, 1.54) is 22.5 Å². The molecule has 0 aliphatic carbocycles. The third-order valence-corrected chi connectivity index (χ3v) is 5.92. The van der Waals surface area contributed by atoms with E-state index in [9.17, 15) is 22.4 Å². The minimum Gasteiger partial charge on any atom is -0.483 e. The largest absolute Gasteiger partial charge is 0.483 e.